The Balaban J connectivity index is 4.70. The first-order chi connectivity index (χ1) is 8.08. The molecule has 0 saturated heterocycles. The van der Waals surface area contributed by atoms with Crippen LogP contribution in [0.5, 0.6) is 0 Å². The van der Waals surface area contributed by atoms with Gasteiger partial charge in [-0.25, -0.2) is 4.79 Å². The molecule has 6 nitrogen and oxygen atoms in total. The molecule has 18 heavy (non-hydrogen) atoms. The predicted molar refractivity (Wildman–Crippen MR) is 65.0 cm³/mol. The lowest BCUT2D eigenvalue weighted by Gasteiger charge is -2.24. The number of nitrogens with one attached hydrogen (secondary N) is 1. The summed E-state index contributed by atoms with van der Waals surface area (Å²) in [6.07, 6.45) is -0.738. The van der Waals surface area contributed by atoms with Crippen LogP contribution in [0.1, 0.15) is 34.6 Å². The fourth-order valence-corrected chi connectivity index (χ4v) is 1.34. The number of hydrogen-bond acceptors (Lipinski definition) is 5. The van der Waals surface area contributed by atoms with E-state index in [0.717, 1.165) is 0 Å². The molecule has 6 heteroatoms. The predicted octanol–water partition coefficient (Wildman–Crippen LogP) is 1.28. The minimum Gasteiger partial charge on any atom is -0.469 e. The second-order valence-corrected chi connectivity index (χ2v) is 5.05. The number of alkyl carbamates (subject to hydrolysis) is 1. The van der Waals surface area contributed by atoms with Crippen molar-refractivity contribution in [1.82, 2.24) is 5.32 Å². The van der Waals surface area contributed by atoms with Gasteiger partial charge in [-0.05, 0) is 34.6 Å². The normalized spacial score (nSPS) is 14.3. The molecule has 0 saturated carbocycles. The number of rotatable bonds is 4. The molecule has 104 valence electrons. The molecule has 0 spiro atoms. The zero-order valence-corrected chi connectivity index (χ0v) is 11.7. The third kappa shape index (κ3) is 5.65. The lowest BCUT2D eigenvalue weighted by Crippen LogP contribution is -2.48. The summed E-state index contributed by atoms with van der Waals surface area (Å²) in [5.74, 6) is -1.66. The maximum Gasteiger partial charge on any atom is 0.408 e. The van der Waals surface area contributed by atoms with Gasteiger partial charge in [-0.2, -0.15) is 0 Å². The molecule has 0 heterocycles. The average molecular weight is 259 g/mol. The van der Waals surface area contributed by atoms with Crippen LogP contribution in [0.15, 0.2) is 0 Å². The van der Waals surface area contributed by atoms with Crippen molar-refractivity contribution in [3.05, 3.63) is 0 Å². The molecule has 0 aliphatic carbocycles. The fraction of sp³-hybridized carbons (Fsp3) is 0.750. The van der Waals surface area contributed by atoms with Gasteiger partial charge in [-0.1, -0.05) is 0 Å². The van der Waals surface area contributed by atoms with Crippen molar-refractivity contribution in [3.63, 3.8) is 0 Å². The highest BCUT2D eigenvalue weighted by atomic mass is 16.6. The Hall–Kier alpha value is -1.59. The van der Waals surface area contributed by atoms with Gasteiger partial charge in [0.05, 0.1) is 13.0 Å². The van der Waals surface area contributed by atoms with Crippen LogP contribution in [0.25, 0.3) is 0 Å². The van der Waals surface area contributed by atoms with E-state index in [9.17, 15) is 14.4 Å². The molecule has 0 aliphatic rings. The third-order valence-electron chi connectivity index (χ3n) is 2.18. The molecular formula is C12H21NO5. The molecule has 0 fully saturated rings. The Labute approximate surface area is 107 Å². The first-order valence-electron chi connectivity index (χ1n) is 5.66. The first-order valence-corrected chi connectivity index (χ1v) is 5.66. The number of carbonyl (C=O) groups is 3. The topological polar surface area (TPSA) is 81.7 Å². The summed E-state index contributed by atoms with van der Waals surface area (Å²) in [4.78, 5) is 34.3. The Kier molecular flexibility index (Phi) is 5.81. The second kappa shape index (κ2) is 6.37. The SMILES string of the molecule is COC(=O)C(C)C(NC(=O)OC(C)(C)C)C(C)=O. The van der Waals surface area contributed by atoms with E-state index in [2.05, 4.69) is 10.1 Å². The van der Waals surface area contributed by atoms with Gasteiger partial charge in [-0.15, -0.1) is 0 Å². The van der Waals surface area contributed by atoms with Crippen molar-refractivity contribution in [2.24, 2.45) is 5.92 Å². The second-order valence-electron chi connectivity index (χ2n) is 5.05. The number of ether oxygens (including phenoxy) is 2. The largest absolute Gasteiger partial charge is 0.469 e. The van der Waals surface area contributed by atoms with Crippen molar-refractivity contribution < 1.29 is 23.9 Å². The van der Waals surface area contributed by atoms with Crippen molar-refractivity contribution in [2.75, 3.05) is 7.11 Å². The van der Waals surface area contributed by atoms with Crippen molar-refractivity contribution in [2.45, 2.75) is 46.3 Å². The molecule has 2 unspecified atom stereocenters. The summed E-state index contributed by atoms with van der Waals surface area (Å²) >= 11 is 0. The molecule has 1 amide bonds. The van der Waals surface area contributed by atoms with Gasteiger partial charge in [0, 0.05) is 0 Å². The standard InChI is InChI=1S/C12H21NO5/c1-7(10(15)17-6)9(8(2)14)13-11(16)18-12(3,4)5/h7,9H,1-6H3,(H,13,16). The summed E-state index contributed by atoms with van der Waals surface area (Å²) in [6, 6.07) is -0.952. The van der Waals surface area contributed by atoms with E-state index >= 15 is 0 Å². The van der Waals surface area contributed by atoms with E-state index in [1.54, 1.807) is 20.8 Å². The minimum absolute atomic E-state index is 0.334. The molecule has 0 aliphatic heterocycles. The minimum atomic E-state index is -0.952. The molecule has 0 aromatic rings. The van der Waals surface area contributed by atoms with Crippen LogP contribution < -0.4 is 5.32 Å². The highest BCUT2D eigenvalue weighted by molar-refractivity contribution is 5.90. The molecule has 0 rings (SSSR count). The van der Waals surface area contributed by atoms with E-state index in [1.807, 2.05) is 0 Å². The van der Waals surface area contributed by atoms with Gasteiger partial charge in [0.15, 0.2) is 5.78 Å². The summed E-state index contributed by atoms with van der Waals surface area (Å²) in [5.41, 5.74) is -0.667. The highest BCUT2D eigenvalue weighted by Crippen LogP contribution is 2.10. The van der Waals surface area contributed by atoms with E-state index in [1.165, 1.54) is 21.0 Å². The van der Waals surface area contributed by atoms with Crippen LogP contribution in [0.4, 0.5) is 4.79 Å². The molecule has 0 aromatic carbocycles. The molecular weight excluding hydrogens is 238 g/mol. The van der Waals surface area contributed by atoms with Crippen LogP contribution >= 0.6 is 0 Å². The Morgan fingerprint density at radius 3 is 2.00 bits per heavy atom. The summed E-state index contributed by atoms with van der Waals surface area (Å²) in [5, 5.41) is 2.38. The number of carbonyl (C=O) groups excluding carboxylic acids is 3. The molecule has 2 atom stereocenters. The third-order valence-corrected chi connectivity index (χ3v) is 2.18. The van der Waals surface area contributed by atoms with Crippen LogP contribution in [-0.4, -0.2) is 36.6 Å². The Bertz CT molecular complexity index is 332. The number of ketones is 1. The Morgan fingerprint density at radius 2 is 1.67 bits per heavy atom. The average Bonchev–Trinajstić information content (AvgIpc) is 2.20. The fourth-order valence-electron chi connectivity index (χ4n) is 1.34. The van der Waals surface area contributed by atoms with E-state index in [0.29, 0.717) is 0 Å². The van der Waals surface area contributed by atoms with Gasteiger partial charge in [0.2, 0.25) is 0 Å². The zero-order valence-electron chi connectivity index (χ0n) is 11.7. The first kappa shape index (κ1) is 16.4. The molecule has 0 radical (unpaired) electrons. The van der Waals surface area contributed by atoms with E-state index in [4.69, 9.17) is 4.74 Å². The number of amides is 1. The van der Waals surface area contributed by atoms with Crippen LogP contribution in [0.2, 0.25) is 0 Å². The number of Topliss-reactive ketones (excluding diaryl/α,β-unsaturated/α-hetero) is 1. The smallest absolute Gasteiger partial charge is 0.408 e. The van der Waals surface area contributed by atoms with E-state index < -0.39 is 29.6 Å². The van der Waals surface area contributed by atoms with Crippen LogP contribution in [0.3, 0.4) is 0 Å². The van der Waals surface area contributed by atoms with Gasteiger partial charge in [0.25, 0.3) is 0 Å². The summed E-state index contributed by atoms with van der Waals surface area (Å²) in [6.45, 7) is 7.92. The van der Waals surface area contributed by atoms with Crippen LogP contribution in [0, 0.1) is 5.92 Å². The monoisotopic (exact) mass is 259 g/mol. The number of hydrogen-bond donors (Lipinski definition) is 1. The lowest BCUT2D eigenvalue weighted by atomic mass is 9.99. The molecule has 1 N–H and O–H groups in total. The van der Waals surface area contributed by atoms with Gasteiger partial charge in [-0.3, -0.25) is 9.59 Å². The lowest BCUT2D eigenvalue weighted by molar-refractivity contribution is -0.147. The van der Waals surface area contributed by atoms with Gasteiger partial charge < -0.3 is 14.8 Å². The van der Waals surface area contributed by atoms with Gasteiger partial charge >= 0.3 is 12.1 Å². The van der Waals surface area contributed by atoms with Gasteiger partial charge in [0.1, 0.15) is 11.6 Å². The maximum absolute atomic E-state index is 11.6. The molecule has 0 aromatic heterocycles. The number of methoxy groups -OCH3 is 1. The number of esters is 1. The van der Waals surface area contributed by atoms with E-state index in [-0.39, 0.29) is 5.78 Å². The summed E-state index contributed by atoms with van der Waals surface area (Å²) < 4.78 is 9.57. The van der Waals surface area contributed by atoms with Crippen molar-refractivity contribution in [1.29, 1.82) is 0 Å². The molecule has 0 bridgehead atoms. The maximum atomic E-state index is 11.6. The zero-order chi connectivity index (χ0) is 14.5. The van der Waals surface area contributed by atoms with Crippen molar-refractivity contribution in [3.8, 4) is 0 Å². The Morgan fingerprint density at radius 1 is 1.17 bits per heavy atom. The summed E-state index contributed by atoms with van der Waals surface area (Å²) in [7, 11) is 1.23. The highest BCUT2D eigenvalue weighted by Gasteiger charge is 2.31. The van der Waals surface area contributed by atoms with Crippen molar-refractivity contribution >= 4 is 17.8 Å². The quantitative estimate of drug-likeness (QED) is 0.769. The van der Waals surface area contributed by atoms with Crippen LogP contribution in [-0.2, 0) is 19.1 Å².